The Labute approximate surface area is 93.8 Å². The minimum atomic E-state index is 0.568. The zero-order valence-corrected chi connectivity index (χ0v) is 10.2. The molecule has 2 aliphatic carbocycles. The van der Waals surface area contributed by atoms with Gasteiger partial charge in [-0.1, -0.05) is 19.8 Å². The highest BCUT2D eigenvalue weighted by molar-refractivity contribution is 4.96. The fraction of sp³-hybridized carbons (Fsp3) is 1.00. The lowest BCUT2D eigenvalue weighted by atomic mass is 10.0. The standard InChI is InChI=1S/C13H25NO/c1-11(13(2)7-8-13)14-9-10-15-12-5-3-4-6-12/h11-12,14H,3-10H2,1-2H3. The molecule has 0 saturated heterocycles. The summed E-state index contributed by atoms with van der Waals surface area (Å²) in [7, 11) is 0. The van der Waals surface area contributed by atoms with Crippen LogP contribution in [0.4, 0.5) is 0 Å². The lowest BCUT2D eigenvalue weighted by molar-refractivity contribution is 0.0583. The summed E-state index contributed by atoms with van der Waals surface area (Å²) in [6.45, 7) is 6.60. The fourth-order valence-corrected chi connectivity index (χ4v) is 2.43. The second-order valence-electron chi connectivity index (χ2n) is 5.61. The Morgan fingerprint density at radius 2 is 2.00 bits per heavy atom. The quantitative estimate of drug-likeness (QED) is 0.682. The van der Waals surface area contributed by atoms with Gasteiger partial charge in [0.1, 0.15) is 0 Å². The van der Waals surface area contributed by atoms with E-state index in [0.717, 1.165) is 13.2 Å². The molecule has 0 heterocycles. The van der Waals surface area contributed by atoms with Crippen LogP contribution in [0.1, 0.15) is 52.4 Å². The fourth-order valence-electron chi connectivity index (χ4n) is 2.43. The first-order chi connectivity index (χ1) is 7.21. The predicted octanol–water partition coefficient (Wildman–Crippen LogP) is 2.72. The molecule has 0 aromatic heterocycles. The summed E-state index contributed by atoms with van der Waals surface area (Å²) < 4.78 is 5.82. The predicted molar refractivity (Wildman–Crippen MR) is 63.0 cm³/mol. The molecule has 0 aromatic carbocycles. The molecule has 1 unspecified atom stereocenters. The van der Waals surface area contributed by atoms with Crippen LogP contribution in [-0.4, -0.2) is 25.3 Å². The monoisotopic (exact) mass is 211 g/mol. The van der Waals surface area contributed by atoms with E-state index in [9.17, 15) is 0 Å². The molecular weight excluding hydrogens is 186 g/mol. The number of ether oxygens (including phenoxy) is 1. The zero-order chi connectivity index (χ0) is 10.7. The molecule has 0 radical (unpaired) electrons. The van der Waals surface area contributed by atoms with Crippen LogP contribution in [0.5, 0.6) is 0 Å². The summed E-state index contributed by atoms with van der Waals surface area (Å²) in [5, 5.41) is 3.58. The maximum absolute atomic E-state index is 5.82. The minimum absolute atomic E-state index is 0.568. The van der Waals surface area contributed by atoms with Crippen molar-refractivity contribution in [3.63, 3.8) is 0 Å². The molecule has 15 heavy (non-hydrogen) atoms. The van der Waals surface area contributed by atoms with Gasteiger partial charge in [0.15, 0.2) is 0 Å². The van der Waals surface area contributed by atoms with Crippen LogP contribution in [0.3, 0.4) is 0 Å². The maximum Gasteiger partial charge on any atom is 0.0594 e. The SMILES string of the molecule is CC(NCCOC1CCCC1)C1(C)CC1. The van der Waals surface area contributed by atoms with Gasteiger partial charge >= 0.3 is 0 Å². The summed E-state index contributed by atoms with van der Waals surface area (Å²) in [4.78, 5) is 0. The molecule has 0 amide bonds. The normalized spacial score (nSPS) is 26.8. The van der Waals surface area contributed by atoms with Gasteiger partial charge in [-0.2, -0.15) is 0 Å². The molecule has 88 valence electrons. The second-order valence-corrected chi connectivity index (χ2v) is 5.61. The van der Waals surface area contributed by atoms with Crippen LogP contribution in [-0.2, 0) is 4.74 Å². The number of rotatable bonds is 6. The second kappa shape index (κ2) is 4.84. The topological polar surface area (TPSA) is 21.3 Å². The van der Waals surface area contributed by atoms with Gasteiger partial charge in [0.2, 0.25) is 0 Å². The minimum Gasteiger partial charge on any atom is -0.377 e. The van der Waals surface area contributed by atoms with E-state index in [1.54, 1.807) is 0 Å². The van der Waals surface area contributed by atoms with Crippen LogP contribution < -0.4 is 5.32 Å². The summed E-state index contributed by atoms with van der Waals surface area (Å²) >= 11 is 0. The molecule has 2 fully saturated rings. The number of hydrogen-bond acceptors (Lipinski definition) is 2. The largest absolute Gasteiger partial charge is 0.377 e. The third kappa shape index (κ3) is 3.18. The highest BCUT2D eigenvalue weighted by atomic mass is 16.5. The van der Waals surface area contributed by atoms with E-state index in [4.69, 9.17) is 4.74 Å². The van der Waals surface area contributed by atoms with Crippen molar-refractivity contribution in [2.75, 3.05) is 13.2 Å². The van der Waals surface area contributed by atoms with Gasteiger partial charge in [-0.05, 0) is 38.0 Å². The van der Waals surface area contributed by atoms with Crippen LogP contribution in [0, 0.1) is 5.41 Å². The van der Waals surface area contributed by atoms with Gasteiger partial charge in [0.25, 0.3) is 0 Å². The highest BCUT2D eigenvalue weighted by Gasteiger charge is 2.41. The van der Waals surface area contributed by atoms with Crippen molar-refractivity contribution >= 4 is 0 Å². The van der Waals surface area contributed by atoms with Crippen molar-refractivity contribution in [1.29, 1.82) is 0 Å². The third-order valence-electron chi connectivity index (χ3n) is 4.29. The van der Waals surface area contributed by atoms with Gasteiger partial charge in [0, 0.05) is 12.6 Å². The van der Waals surface area contributed by atoms with Crippen molar-refractivity contribution in [1.82, 2.24) is 5.32 Å². The molecule has 0 aromatic rings. The third-order valence-corrected chi connectivity index (χ3v) is 4.29. The summed E-state index contributed by atoms with van der Waals surface area (Å²) in [5.74, 6) is 0. The Balaban J connectivity index is 1.51. The first kappa shape index (κ1) is 11.4. The van der Waals surface area contributed by atoms with Crippen molar-refractivity contribution < 1.29 is 4.74 Å². The van der Waals surface area contributed by atoms with Crippen molar-refractivity contribution in [3.8, 4) is 0 Å². The summed E-state index contributed by atoms with van der Waals surface area (Å²) in [5.41, 5.74) is 0.591. The van der Waals surface area contributed by atoms with Crippen molar-refractivity contribution in [2.45, 2.75) is 64.5 Å². The Hall–Kier alpha value is -0.0800. The van der Waals surface area contributed by atoms with Crippen LogP contribution >= 0.6 is 0 Å². The Morgan fingerprint density at radius 1 is 1.33 bits per heavy atom. The molecule has 2 saturated carbocycles. The smallest absolute Gasteiger partial charge is 0.0594 e. The number of nitrogens with one attached hydrogen (secondary N) is 1. The molecule has 2 heteroatoms. The van der Waals surface area contributed by atoms with Crippen LogP contribution in [0.25, 0.3) is 0 Å². The Bertz CT molecular complexity index is 195. The average Bonchev–Trinajstić information content (AvgIpc) is 2.80. The lowest BCUT2D eigenvalue weighted by Gasteiger charge is -2.21. The lowest BCUT2D eigenvalue weighted by Crippen LogP contribution is -2.36. The van der Waals surface area contributed by atoms with E-state index in [-0.39, 0.29) is 0 Å². The molecule has 0 bridgehead atoms. The van der Waals surface area contributed by atoms with Crippen molar-refractivity contribution in [2.24, 2.45) is 5.41 Å². The van der Waals surface area contributed by atoms with Crippen LogP contribution in [0.15, 0.2) is 0 Å². The first-order valence-corrected chi connectivity index (χ1v) is 6.56. The van der Waals surface area contributed by atoms with E-state index in [2.05, 4.69) is 19.2 Å². The summed E-state index contributed by atoms with van der Waals surface area (Å²) in [6.07, 6.45) is 8.66. The molecule has 2 aliphatic rings. The van der Waals surface area contributed by atoms with E-state index >= 15 is 0 Å². The van der Waals surface area contributed by atoms with Gasteiger partial charge in [-0.15, -0.1) is 0 Å². The zero-order valence-electron chi connectivity index (χ0n) is 10.2. The molecule has 2 rings (SSSR count). The Morgan fingerprint density at radius 3 is 2.60 bits per heavy atom. The van der Waals surface area contributed by atoms with Gasteiger partial charge < -0.3 is 10.1 Å². The Kier molecular flexibility index (Phi) is 3.68. The molecule has 0 aliphatic heterocycles. The number of hydrogen-bond donors (Lipinski definition) is 1. The first-order valence-electron chi connectivity index (χ1n) is 6.56. The maximum atomic E-state index is 5.82. The average molecular weight is 211 g/mol. The van der Waals surface area contributed by atoms with E-state index in [1.165, 1.54) is 38.5 Å². The molecule has 1 N–H and O–H groups in total. The van der Waals surface area contributed by atoms with Gasteiger partial charge in [-0.3, -0.25) is 0 Å². The van der Waals surface area contributed by atoms with E-state index < -0.39 is 0 Å². The summed E-state index contributed by atoms with van der Waals surface area (Å²) in [6, 6.07) is 0.657. The molecule has 2 nitrogen and oxygen atoms in total. The van der Waals surface area contributed by atoms with E-state index in [1.807, 2.05) is 0 Å². The van der Waals surface area contributed by atoms with Crippen LogP contribution in [0.2, 0.25) is 0 Å². The van der Waals surface area contributed by atoms with E-state index in [0.29, 0.717) is 17.6 Å². The molecule has 1 atom stereocenters. The van der Waals surface area contributed by atoms with Gasteiger partial charge in [-0.25, -0.2) is 0 Å². The van der Waals surface area contributed by atoms with Gasteiger partial charge in [0.05, 0.1) is 12.7 Å². The molecular formula is C13H25NO. The van der Waals surface area contributed by atoms with Crippen molar-refractivity contribution in [3.05, 3.63) is 0 Å². The highest BCUT2D eigenvalue weighted by Crippen LogP contribution is 2.47. The molecule has 0 spiro atoms.